The number of para-hydroxylation sites is 3. The highest BCUT2D eigenvalue weighted by Crippen LogP contribution is 2.46. The average Bonchev–Trinajstić information content (AvgIpc) is 2.81. The van der Waals surface area contributed by atoms with Gasteiger partial charge in [-0.15, -0.1) is 0 Å². The van der Waals surface area contributed by atoms with E-state index in [4.69, 9.17) is 4.74 Å². The van der Waals surface area contributed by atoms with Crippen LogP contribution >= 0.6 is 0 Å². The second kappa shape index (κ2) is 6.63. The first kappa shape index (κ1) is 17.7. The number of rotatable bonds is 5. The van der Waals surface area contributed by atoms with E-state index in [1.165, 1.54) is 12.1 Å². The van der Waals surface area contributed by atoms with Crippen molar-refractivity contribution in [1.82, 2.24) is 0 Å². The minimum atomic E-state index is -0.525. The average molecular weight is 352 g/mol. The van der Waals surface area contributed by atoms with Crippen molar-refractivity contribution < 1.29 is 14.5 Å². The van der Waals surface area contributed by atoms with E-state index in [9.17, 15) is 14.9 Å². The van der Waals surface area contributed by atoms with Crippen LogP contribution in [-0.2, 0) is 10.2 Å². The number of ether oxygens (including phenoxy) is 1. The summed E-state index contributed by atoms with van der Waals surface area (Å²) in [5, 5.41) is 11.0. The van der Waals surface area contributed by atoms with Crippen LogP contribution in [0.15, 0.2) is 60.3 Å². The lowest BCUT2D eigenvalue weighted by Gasteiger charge is -2.23. The van der Waals surface area contributed by atoms with Crippen LogP contribution in [0.4, 0.5) is 11.4 Å². The number of nitro benzene ring substituents is 1. The molecular formula is C20H20N2O4. The van der Waals surface area contributed by atoms with Gasteiger partial charge >= 0.3 is 5.69 Å². The number of benzene rings is 2. The Balaban J connectivity index is 1.79. The number of ketones is 1. The Morgan fingerprint density at radius 1 is 1.19 bits per heavy atom. The third kappa shape index (κ3) is 3.06. The lowest BCUT2D eigenvalue weighted by atomic mass is 9.83. The molecule has 1 aliphatic heterocycles. The SMILES string of the molecule is CN1/C(=C\C(=O)COc2ccccc2[N+](=O)[O-])C(C)(C)c2ccccc21. The maximum absolute atomic E-state index is 12.4. The Morgan fingerprint density at radius 2 is 1.85 bits per heavy atom. The quantitative estimate of drug-likeness (QED) is 0.464. The molecular weight excluding hydrogens is 332 g/mol. The number of nitro groups is 1. The molecule has 2 aromatic rings. The van der Waals surface area contributed by atoms with Gasteiger partial charge in [-0.05, 0) is 17.7 Å². The van der Waals surface area contributed by atoms with Crippen molar-refractivity contribution in [2.75, 3.05) is 18.6 Å². The smallest absolute Gasteiger partial charge is 0.310 e. The Bertz CT molecular complexity index is 902. The molecule has 1 heterocycles. The van der Waals surface area contributed by atoms with Crippen molar-refractivity contribution in [3.8, 4) is 5.75 Å². The van der Waals surface area contributed by atoms with E-state index in [-0.39, 0.29) is 29.2 Å². The van der Waals surface area contributed by atoms with Gasteiger partial charge in [0.15, 0.2) is 18.1 Å². The molecule has 0 aliphatic carbocycles. The Labute approximate surface area is 151 Å². The third-order valence-corrected chi connectivity index (χ3v) is 4.67. The normalized spacial score (nSPS) is 16.4. The van der Waals surface area contributed by atoms with Gasteiger partial charge in [-0.3, -0.25) is 14.9 Å². The van der Waals surface area contributed by atoms with Crippen LogP contribution in [0.1, 0.15) is 19.4 Å². The zero-order valence-electron chi connectivity index (χ0n) is 14.9. The second-order valence-electron chi connectivity index (χ2n) is 6.71. The van der Waals surface area contributed by atoms with Crippen molar-refractivity contribution in [2.24, 2.45) is 0 Å². The molecule has 1 aliphatic rings. The van der Waals surface area contributed by atoms with E-state index in [2.05, 4.69) is 19.9 Å². The molecule has 6 nitrogen and oxygen atoms in total. The van der Waals surface area contributed by atoms with E-state index in [0.29, 0.717) is 0 Å². The number of hydrogen-bond acceptors (Lipinski definition) is 5. The summed E-state index contributed by atoms with van der Waals surface area (Å²) in [6.45, 7) is 3.88. The van der Waals surface area contributed by atoms with Gasteiger partial charge in [0.2, 0.25) is 0 Å². The predicted octanol–water partition coefficient (Wildman–Crippen LogP) is 3.85. The summed E-state index contributed by atoms with van der Waals surface area (Å²) in [7, 11) is 1.93. The number of nitrogens with zero attached hydrogens (tertiary/aromatic N) is 2. The molecule has 0 spiro atoms. The summed E-state index contributed by atoms with van der Waals surface area (Å²) < 4.78 is 5.40. The molecule has 3 rings (SSSR count). The molecule has 0 N–H and O–H groups in total. The van der Waals surface area contributed by atoms with Gasteiger partial charge in [-0.25, -0.2) is 0 Å². The molecule has 0 aromatic heterocycles. The van der Waals surface area contributed by atoms with Gasteiger partial charge in [0.05, 0.1) is 4.92 Å². The summed E-state index contributed by atoms with van der Waals surface area (Å²) in [5.41, 5.74) is 2.63. The highest BCUT2D eigenvalue weighted by molar-refractivity contribution is 5.93. The fourth-order valence-electron chi connectivity index (χ4n) is 3.33. The molecule has 26 heavy (non-hydrogen) atoms. The third-order valence-electron chi connectivity index (χ3n) is 4.67. The maximum atomic E-state index is 12.4. The molecule has 0 bridgehead atoms. The Morgan fingerprint density at radius 3 is 2.54 bits per heavy atom. The number of fused-ring (bicyclic) bond motifs is 1. The monoisotopic (exact) mass is 352 g/mol. The van der Waals surface area contributed by atoms with Gasteiger partial charge in [-0.2, -0.15) is 0 Å². The molecule has 0 saturated carbocycles. The summed E-state index contributed by atoms with van der Waals surface area (Å²) in [5.74, 6) is -0.155. The number of carbonyl (C=O) groups is 1. The minimum Gasteiger partial charge on any atom is -0.478 e. The molecule has 0 fully saturated rings. The zero-order valence-corrected chi connectivity index (χ0v) is 14.9. The number of hydrogen-bond donors (Lipinski definition) is 0. The van der Waals surface area contributed by atoms with Crippen molar-refractivity contribution in [3.63, 3.8) is 0 Å². The van der Waals surface area contributed by atoms with E-state index in [1.54, 1.807) is 18.2 Å². The topological polar surface area (TPSA) is 72.7 Å². The maximum Gasteiger partial charge on any atom is 0.310 e. The van der Waals surface area contributed by atoms with Gasteiger partial charge < -0.3 is 9.64 Å². The number of likely N-dealkylation sites (N-methyl/N-ethyl adjacent to an activating group) is 1. The fraction of sp³-hybridized carbons (Fsp3) is 0.250. The summed E-state index contributed by atoms with van der Waals surface area (Å²) in [4.78, 5) is 24.9. The summed E-state index contributed by atoms with van der Waals surface area (Å²) in [6.07, 6.45) is 1.56. The Hall–Kier alpha value is -3.15. The fourth-order valence-corrected chi connectivity index (χ4v) is 3.33. The number of allylic oxidation sites excluding steroid dienone is 1. The van der Waals surface area contributed by atoms with Gasteiger partial charge in [-0.1, -0.05) is 44.2 Å². The molecule has 0 saturated heterocycles. The Kier molecular flexibility index (Phi) is 4.50. The highest BCUT2D eigenvalue weighted by atomic mass is 16.6. The van der Waals surface area contributed by atoms with Crippen molar-refractivity contribution in [2.45, 2.75) is 19.3 Å². The standard InChI is InChI=1S/C20H20N2O4/c1-20(2)15-8-4-5-9-16(15)21(3)19(20)12-14(23)13-26-18-11-7-6-10-17(18)22(24)25/h4-12H,13H2,1-3H3/b19-12-. The first-order chi connectivity index (χ1) is 12.3. The van der Waals surface area contributed by atoms with E-state index >= 15 is 0 Å². The van der Waals surface area contributed by atoms with Gasteiger partial charge in [0, 0.05) is 36.0 Å². The van der Waals surface area contributed by atoms with Crippen LogP contribution in [0.5, 0.6) is 5.75 Å². The largest absolute Gasteiger partial charge is 0.478 e. The molecule has 0 unspecified atom stereocenters. The lowest BCUT2D eigenvalue weighted by Crippen LogP contribution is -2.25. The molecule has 6 heteroatoms. The highest BCUT2D eigenvalue weighted by Gasteiger charge is 2.38. The number of carbonyl (C=O) groups excluding carboxylic acids is 1. The lowest BCUT2D eigenvalue weighted by molar-refractivity contribution is -0.385. The van der Waals surface area contributed by atoms with Crippen molar-refractivity contribution in [1.29, 1.82) is 0 Å². The second-order valence-corrected chi connectivity index (χ2v) is 6.71. The van der Waals surface area contributed by atoms with Crippen molar-refractivity contribution >= 4 is 17.2 Å². The summed E-state index contributed by atoms with van der Waals surface area (Å²) >= 11 is 0. The van der Waals surface area contributed by atoms with Crippen LogP contribution in [0.3, 0.4) is 0 Å². The van der Waals surface area contributed by atoms with Crippen LogP contribution < -0.4 is 9.64 Å². The van der Waals surface area contributed by atoms with Crippen LogP contribution in [0, 0.1) is 10.1 Å². The molecule has 0 radical (unpaired) electrons. The van der Waals surface area contributed by atoms with Crippen molar-refractivity contribution in [3.05, 3.63) is 76.0 Å². The predicted molar refractivity (Wildman–Crippen MR) is 99.6 cm³/mol. The first-order valence-electron chi connectivity index (χ1n) is 8.27. The number of anilines is 1. The van der Waals surface area contributed by atoms with Crippen LogP contribution in [0.25, 0.3) is 0 Å². The van der Waals surface area contributed by atoms with E-state index in [1.807, 2.05) is 30.1 Å². The zero-order chi connectivity index (χ0) is 18.9. The summed E-state index contributed by atoms with van der Waals surface area (Å²) in [6, 6.07) is 14.1. The molecule has 134 valence electrons. The molecule has 0 amide bonds. The minimum absolute atomic E-state index is 0.0894. The molecule has 0 atom stereocenters. The van der Waals surface area contributed by atoms with Crippen LogP contribution in [-0.4, -0.2) is 24.4 Å². The van der Waals surface area contributed by atoms with Gasteiger partial charge in [0.25, 0.3) is 0 Å². The van der Waals surface area contributed by atoms with E-state index < -0.39 is 4.92 Å². The van der Waals surface area contributed by atoms with Gasteiger partial charge in [0.1, 0.15) is 0 Å². The molecule has 2 aromatic carbocycles. The van der Waals surface area contributed by atoms with E-state index in [0.717, 1.165) is 16.9 Å². The first-order valence-corrected chi connectivity index (χ1v) is 8.27. The van der Waals surface area contributed by atoms with Crippen LogP contribution in [0.2, 0.25) is 0 Å².